The van der Waals surface area contributed by atoms with Crippen LogP contribution in [0.4, 0.5) is 10.1 Å². The maximum Gasteiger partial charge on any atom is 0.353 e. The summed E-state index contributed by atoms with van der Waals surface area (Å²) in [6.07, 6.45) is 0. The molecule has 0 saturated carbocycles. The lowest BCUT2D eigenvalue weighted by atomic mass is 10.1. The molecule has 130 valence electrons. The third kappa shape index (κ3) is 3.20. The van der Waals surface area contributed by atoms with Crippen molar-refractivity contribution in [1.82, 2.24) is 0 Å². The normalized spacial score (nSPS) is 10.9. The number of carbonyl (C=O) groups excluding carboxylic acids is 1. The van der Waals surface area contributed by atoms with Crippen LogP contribution in [-0.2, 0) is 0 Å². The van der Waals surface area contributed by atoms with Crippen molar-refractivity contribution in [2.24, 2.45) is 0 Å². The van der Waals surface area contributed by atoms with Crippen LogP contribution in [0.5, 0.6) is 11.5 Å². The Morgan fingerprint density at radius 1 is 1.28 bits per heavy atom. The van der Waals surface area contributed by atoms with Gasteiger partial charge in [-0.25, -0.2) is 9.18 Å². The topological polar surface area (TPSA) is 49.8 Å². The first-order valence-corrected chi connectivity index (χ1v) is 8.88. The van der Waals surface area contributed by atoms with E-state index in [-0.39, 0.29) is 9.58 Å². The van der Waals surface area contributed by atoms with Crippen LogP contribution in [0.25, 0.3) is 10.1 Å². The van der Waals surface area contributed by atoms with Crippen molar-refractivity contribution in [1.29, 1.82) is 0 Å². The molecule has 0 radical (unpaired) electrons. The fraction of sp³-hybridized carbons (Fsp3) is 0.167. The number of hydrogen-bond acceptors (Lipinski definition) is 5. The Bertz CT molecular complexity index is 922. The average molecular weight is 377 g/mol. The molecule has 4 nitrogen and oxygen atoms in total. The number of rotatable bonds is 3. The number of benzene rings is 2. The summed E-state index contributed by atoms with van der Waals surface area (Å²) in [6, 6.07) is 8.70. The molecule has 1 atom stereocenters. The number of halogens is 1. The number of ether oxygens (including phenoxy) is 1. The number of nitrogens with zero attached hydrogens (tertiary/aromatic N) is 1. The molecule has 3 rings (SSSR count). The molecule has 0 spiro atoms. The van der Waals surface area contributed by atoms with Gasteiger partial charge >= 0.3 is 5.97 Å². The van der Waals surface area contributed by atoms with E-state index in [1.54, 1.807) is 25.1 Å². The van der Waals surface area contributed by atoms with Gasteiger partial charge < -0.3 is 14.7 Å². The summed E-state index contributed by atoms with van der Waals surface area (Å²) in [5.41, 5.74) is 1.70. The summed E-state index contributed by atoms with van der Waals surface area (Å²) in [4.78, 5) is 14.6. The fourth-order valence-corrected chi connectivity index (χ4v) is 3.76. The zero-order valence-corrected chi connectivity index (χ0v) is 15.9. The van der Waals surface area contributed by atoms with Gasteiger partial charge in [-0.2, -0.15) is 0 Å². The van der Waals surface area contributed by atoms with Gasteiger partial charge in [0.25, 0.3) is 0 Å². The van der Waals surface area contributed by atoms with Crippen LogP contribution in [0.1, 0.15) is 15.2 Å². The van der Waals surface area contributed by atoms with Crippen molar-refractivity contribution >= 4 is 47.6 Å². The molecular weight excluding hydrogens is 360 g/mol. The molecule has 0 amide bonds. The number of phenols is 1. The minimum atomic E-state index is -0.718. The lowest BCUT2D eigenvalue weighted by Gasteiger charge is -2.12. The van der Waals surface area contributed by atoms with Gasteiger partial charge in [-0.05, 0) is 42.8 Å². The Labute approximate surface area is 151 Å². The van der Waals surface area contributed by atoms with Crippen LogP contribution < -0.4 is 14.9 Å². The molecule has 0 aliphatic carbocycles. The SMILES string of the molecule is Cc1c(P)c(O)c(F)c2sc(C(=O)Oc3ccc(N(C)C)cc3)cc12. The average Bonchev–Trinajstić information content (AvgIpc) is 3.04. The zero-order valence-electron chi connectivity index (χ0n) is 14.0. The lowest BCUT2D eigenvalue weighted by Crippen LogP contribution is -2.09. The van der Waals surface area contributed by atoms with E-state index in [0.717, 1.165) is 17.0 Å². The number of carbonyl (C=O) groups is 1. The highest BCUT2D eigenvalue weighted by molar-refractivity contribution is 7.28. The molecule has 3 aromatic rings. The molecule has 1 aromatic heterocycles. The first-order chi connectivity index (χ1) is 11.8. The Morgan fingerprint density at radius 2 is 1.92 bits per heavy atom. The van der Waals surface area contributed by atoms with E-state index in [2.05, 4.69) is 9.24 Å². The molecule has 1 N–H and O–H groups in total. The van der Waals surface area contributed by atoms with Crippen molar-refractivity contribution in [3.05, 3.63) is 46.6 Å². The fourth-order valence-electron chi connectivity index (χ4n) is 2.45. The van der Waals surface area contributed by atoms with Gasteiger partial charge in [0.15, 0.2) is 11.6 Å². The summed E-state index contributed by atoms with van der Waals surface area (Å²) >= 11 is 0.969. The maximum atomic E-state index is 14.3. The minimum absolute atomic E-state index is 0.246. The van der Waals surface area contributed by atoms with Crippen LogP contribution in [-0.4, -0.2) is 25.2 Å². The first kappa shape index (κ1) is 17.6. The largest absolute Gasteiger partial charge is 0.504 e. The number of thiophene rings is 1. The molecule has 0 aliphatic heterocycles. The van der Waals surface area contributed by atoms with Crippen molar-refractivity contribution in [2.75, 3.05) is 19.0 Å². The van der Waals surface area contributed by atoms with E-state index in [9.17, 15) is 14.3 Å². The number of aryl methyl sites for hydroxylation is 1. The summed E-state index contributed by atoms with van der Waals surface area (Å²) in [5.74, 6) is -1.26. The highest BCUT2D eigenvalue weighted by Crippen LogP contribution is 2.35. The second-order valence-electron chi connectivity index (χ2n) is 5.83. The molecule has 25 heavy (non-hydrogen) atoms. The van der Waals surface area contributed by atoms with Gasteiger partial charge in [0.05, 0.1) is 4.70 Å². The van der Waals surface area contributed by atoms with E-state index in [1.807, 2.05) is 31.1 Å². The second kappa shape index (κ2) is 6.62. The van der Waals surface area contributed by atoms with Gasteiger partial charge in [0.1, 0.15) is 10.6 Å². The predicted molar refractivity (Wildman–Crippen MR) is 103 cm³/mol. The molecule has 0 saturated heterocycles. The van der Waals surface area contributed by atoms with E-state index in [4.69, 9.17) is 4.74 Å². The van der Waals surface area contributed by atoms with Crippen LogP contribution in [0.2, 0.25) is 0 Å². The van der Waals surface area contributed by atoms with Gasteiger partial charge in [0.2, 0.25) is 0 Å². The Kier molecular flexibility index (Phi) is 4.67. The van der Waals surface area contributed by atoms with Gasteiger partial charge in [0, 0.05) is 30.5 Å². The first-order valence-electron chi connectivity index (χ1n) is 7.49. The number of hydrogen-bond donors (Lipinski definition) is 1. The molecule has 0 aliphatic rings. The van der Waals surface area contributed by atoms with Crippen LogP contribution >= 0.6 is 20.6 Å². The highest BCUT2D eigenvalue weighted by atomic mass is 32.1. The van der Waals surface area contributed by atoms with Crippen molar-refractivity contribution in [3.63, 3.8) is 0 Å². The van der Waals surface area contributed by atoms with Crippen molar-refractivity contribution in [3.8, 4) is 11.5 Å². The summed E-state index contributed by atoms with van der Waals surface area (Å²) in [5, 5.41) is 10.8. The monoisotopic (exact) mass is 377 g/mol. The van der Waals surface area contributed by atoms with E-state index >= 15 is 0 Å². The number of esters is 1. The minimum Gasteiger partial charge on any atom is -0.504 e. The van der Waals surface area contributed by atoms with E-state index < -0.39 is 17.5 Å². The third-order valence-electron chi connectivity index (χ3n) is 3.97. The molecule has 1 unspecified atom stereocenters. The Hall–Kier alpha value is -2.17. The standard InChI is InChI=1S/C18H17FNO3PS/c1-9-12-8-13(25-17(12)14(19)15(21)16(9)24)18(22)23-11-6-4-10(5-7-11)20(2)3/h4-8,21H,24H2,1-3H3. The summed E-state index contributed by atoms with van der Waals surface area (Å²) < 4.78 is 19.9. The van der Waals surface area contributed by atoms with Crippen molar-refractivity contribution in [2.45, 2.75) is 6.92 Å². The molecule has 7 heteroatoms. The van der Waals surface area contributed by atoms with E-state index in [0.29, 0.717) is 22.0 Å². The summed E-state index contributed by atoms with van der Waals surface area (Å²) in [6.45, 7) is 1.77. The highest BCUT2D eigenvalue weighted by Gasteiger charge is 2.20. The van der Waals surface area contributed by atoms with Crippen LogP contribution in [0.3, 0.4) is 0 Å². The smallest absolute Gasteiger partial charge is 0.353 e. The number of phenolic OH excluding ortho intramolecular Hbond substituents is 1. The quantitative estimate of drug-likeness (QED) is 0.428. The predicted octanol–water partition coefficient (Wildman–Crippen LogP) is 3.84. The van der Waals surface area contributed by atoms with E-state index in [1.165, 1.54) is 0 Å². The van der Waals surface area contributed by atoms with Gasteiger partial charge in [-0.15, -0.1) is 20.6 Å². The Balaban J connectivity index is 1.92. The van der Waals surface area contributed by atoms with Gasteiger partial charge in [-0.1, -0.05) is 0 Å². The maximum absolute atomic E-state index is 14.3. The number of aromatic hydroxyl groups is 1. The number of anilines is 1. The van der Waals surface area contributed by atoms with Crippen LogP contribution in [0, 0.1) is 12.7 Å². The molecule has 0 fully saturated rings. The zero-order chi connectivity index (χ0) is 18.3. The second-order valence-corrected chi connectivity index (χ2v) is 7.46. The molecule has 1 heterocycles. The molecular formula is C18H17FNO3PS. The van der Waals surface area contributed by atoms with Gasteiger partial charge in [-0.3, -0.25) is 0 Å². The molecule has 0 bridgehead atoms. The number of fused-ring (bicyclic) bond motifs is 1. The summed E-state index contributed by atoms with van der Waals surface area (Å²) in [7, 11) is 6.16. The third-order valence-corrected chi connectivity index (χ3v) is 5.78. The van der Waals surface area contributed by atoms with Crippen molar-refractivity contribution < 1.29 is 19.0 Å². The Morgan fingerprint density at radius 3 is 2.52 bits per heavy atom. The lowest BCUT2D eigenvalue weighted by molar-refractivity contribution is 0.0740. The van der Waals surface area contributed by atoms with Crippen LogP contribution in [0.15, 0.2) is 30.3 Å². The molecule has 2 aromatic carbocycles.